The molecule has 3 rings (SSSR count). The molecule has 0 aliphatic carbocycles. The number of benzene rings is 2. The summed E-state index contributed by atoms with van der Waals surface area (Å²) in [6.45, 7) is 7.13. The maximum Gasteiger partial charge on any atom is 0.256 e. The highest BCUT2D eigenvalue weighted by Gasteiger charge is 2.23. The summed E-state index contributed by atoms with van der Waals surface area (Å²) in [5.74, 6) is -0.322. The second-order valence-electron chi connectivity index (χ2n) is 7.52. The Labute approximate surface area is 184 Å². The van der Waals surface area contributed by atoms with E-state index in [0.29, 0.717) is 24.3 Å². The van der Waals surface area contributed by atoms with Crippen LogP contribution in [-0.4, -0.2) is 42.9 Å². The first kappa shape index (κ1) is 22.2. The Bertz CT molecular complexity index is 862. The molecule has 1 heterocycles. The van der Waals surface area contributed by atoms with Crippen molar-refractivity contribution in [2.45, 2.75) is 38.5 Å². The molecule has 1 unspecified atom stereocenters. The highest BCUT2D eigenvalue weighted by atomic mass is 35.5. The van der Waals surface area contributed by atoms with Crippen LogP contribution in [0.4, 0.5) is 11.4 Å². The van der Waals surface area contributed by atoms with Gasteiger partial charge in [-0.1, -0.05) is 30.3 Å². The van der Waals surface area contributed by atoms with Gasteiger partial charge in [0, 0.05) is 37.6 Å². The number of hydrogen-bond donors (Lipinski definition) is 1. The molecule has 160 valence electrons. The van der Waals surface area contributed by atoms with E-state index >= 15 is 0 Å². The number of carbonyl (C=O) groups is 2. The Morgan fingerprint density at radius 1 is 1.03 bits per heavy atom. The van der Waals surface area contributed by atoms with Gasteiger partial charge in [-0.3, -0.25) is 9.59 Å². The zero-order chi connectivity index (χ0) is 21.5. The largest absolute Gasteiger partial charge is 0.371 e. The molecule has 1 aliphatic rings. The number of amides is 2. The fourth-order valence-corrected chi connectivity index (χ4v) is 4.06. The topological polar surface area (TPSA) is 52.7 Å². The summed E-state index contributed by atoms with van der Waals surface area (Å²) in [6.07, 6.45) is 3.48. The van der Waals surface area contributed by atoms with Gasteiger partial charge in [0.05, 0.1) is 5.56 Å². The number of halogens is 1. The van der Waals surface area contributed by atoms with Crippen molar-refractivity contribution in [3.63, 3.8) is 0 Å². The van der Waals surface area contributed by atoms with Gasteiger partial charge in [0.15, 0.2) is 0 Å². The molecule has 1 N–H and O–H groups in total. The van der Waals surface area contributed by atoms with E-state index in [-0.39, 0.29) is 11.8 Å². The number of alkyl halides is 1. The third kappa shape index (κ3) is 5.14. The lowest BCUT2D eigenvalue weighted by Crippen LogP contribution is -2.35. The Hall–Kier alpha value is -2.53. The molecule has 30 heavy (non-hydrogen) atoms. The lowest BCUT2D eigenvalue weighted by atomic mass is 10.0. The summed E-state index contributed by atoms with van der Waals surface area (Å²) >= 11 is 6.36. The fourth-order valence-electron chi connectivity index (χ4n) is 3.86. The van der Waals surface area contributed by atoms with Gasteiger partial charge in [0.25, 0.3) is 5.91 Å². The van der Waals surface area contributed by atoms with Crippen LogP contribution < -0.4 is 10.2 Å². The highest BCUT2D eigenvalue weighted by Crippen LogP contribution is 2.29. The minimum atomic E-state index is -0.796. The van der Waals surface area contributed by atoms with Crippen molar-refractivity contribution in [3.05, 3.63) is 59.7 Å². The molecule has 1 atom stereocenters. The molecule has 1 saturated heterocycles. The van der Waals surface area contributed by atoms with E-state index in [9.17, 15) is 9.59 Å². The SMILES string of the molecule is CCN(CC)C(=O)c1cc(NC(=O)C(Cl)c2ccccc2)ccc1N1CCCCC1. The number of carbonyl (C=O) groups excluding carboxylic acids is 2. The summed E-state index contributed by atoms with van der Waals surface area (Å²) in [7, 11) is 0. The normalized spacial score (nSPS) is 14.8. The van der Waals surface area contributed by atoms with Gasteiger partial charge in [-0.15, -0.1) is 11.6 Å². The van der Waals surface area contributed by atoms with Crippen molar-refractivity contribution >= 4 is 34.8 Å². The average molecular weight is 428 g/mol. The molecule has 2 aromatic carbocycles. The van der Waals surface area contributed by atoms with Gasteiger partial charge in [0.2, 0.25) is 5.91 Å². The van der Waals surface area contributed by atoms with Gasteiger partial charge in [-0.25, -0.2) is 0 Å². The van der Waals surface area contributed by atoms with E-state index in [1.807, 2.05) is 61.2 Å². The minimum absolute atomic E-state index is 0.0119. The van der Waals surface area contributed by atoms with Crippen molar-refractivity contribution in [2.75, 3.05) is 36.4 Å². The first-order valence-electron chi connectivity index (χ1n) is 10.7. The van der Waals surface area contributed by atoms with Crippen molar-refractivity contribution in [3.8, 4) is 0 Å². The van der Waals surface area contributed by atoms with Crippen molar-refractivity contribution in [1.29, 1.82) is 0 Å². The predicted molar refractivity (Wildman–Crippen MR) is 123 cm³/mol. The van der Waals surface area contributed by atoms with Crippen LogP contribution in [0.15, 0.2) is 48.5 Å². The maximum atomic E-state index is 13.2. The van der Waals surface area contributed by atoms with E-state index in [1.165, 1.54) is 6.42 Å². The van der Waals surface area contributed by atoms with Crippen LogP contribution in [0.5, 0.6) is 0 Å². The lowest BCUT2D eigenvalue weighted by Gasteiger charge is -2.31. The second-order valence-corrected chi connectivity index (χ2v) is 7.96. The molecule has 5 nitrogen and oxygen atoms in total. The third-order valence-corrected chi connectivity index (χ3v) is 6.01. The smallest absolute Gasteiger partial charge is 0.256 e. The molecular formula is C24H30ClN3O2. The quantitative estimate of drug-likeness (QED) is 0.627. The molecule has 2 aromatic rings. The van der Waals surface area contributed by atoms with E-state index < -0.39 is 5.38 Å². The molecule has 0 bridgehead atoms. The zero-order valence-corrected chi connectivity index (χ0v) is 18.5. The maximum absolute atomic E-state index is 13.2. The summed E-state index contributed by atoms with van der Waals surface area (Å²) in [4.78, 5) is 30.0. The molecule has 1 fully saturated rings. The zero-order valence-electron chi connectivity index (χ0n) is 17.7. The van der Waals surface area contributed by atoms with E-state index in [1.54, 1.807) is 6.07 Å². The van der Waals surface area contributed by atoms with Crippen LogP contribution >= 0.6 is 11.6 Å². The fraction of sp³-hybridized carbons (Fsp3) is 0.417. The Kier molecular flexibility index (Phi) is 7.75. The number of piperidine rings is 1. The summed E-state index contributed by atoms with van der Waals surface area (Å²) < 4.78 is 0. The summed E-state index contributed by atoms with van der Waals surface area (Å²) in [6, 6.07) is 14.8. The number of nitrogens with one attached hydrogen (secondary N) is 1. The van der Waals surface area contributed by atoms with Crippen LogP contribution in [0.1, 0.15) is 54.4 Å². The lowest BCUT2D eigenvalue weighted by molar-refractivity contribution is -0.116. The van der Waals surface area contributed by atoms with Gasteiger partial charge in [-0.2, -0.15) is 0 Å². The van der Waals surface area contributed by atoms with Gasteiger partial charge >= 0.3 is 0 Å². The standard InChI is InChI=1S/C24H30ClN3O2/c1-3-27(4-2)24(30)20-17-19(13-14-21(20)28-15-9-6-10-16-28)26-23(29)22(25)18-11-7-5-8-12-18/h5,7-8,11-14,17,22H,3-4,6,9-10,15-16H2,1-2H3,(H,26,29). The van der Waals surface area contributed by atoms with Crippen molar-refractivity contribution in [1.82, 2.24) is 4.90 Å². The van der Waals surface area contributed by atoms with Gasteiger partial charge in [-0.05, 0) is 56.9 Å². The number of rotatable bonds is 7. The highest BCUT2D eigenvalue weighted by molar-refractivity contribution is 6.32. The first-order chi connectivity index (χ1) is 14.5. The third-order valence-electron chi connectivity index (χ3n) is 5.56. The number of anilines is 2. The van der Waals surface area contributed by atoms with Crippen molar-refractivity contribution in [2.24, 2.45) is 0 Å². The molecular weight excluding hydrogens is 398 g/mol. The minimum Gasteiger partial charge on any atom is -0.371 e. The van der Waals surface area contributed by atoms with Crippen molar-refractivity contribution < 1.29 is 9.59 Å². The Balaban J connectivity index is 1.87. The van der Waals surface area contributed by atoms with Crippen LogP contribution in [0, 0.1) is 0 Å². The first-order valence-corrected chi connectivity index (χ1v) is 11.2. The number of hydrogen-bond acceptors (Lipinski definition) is 3. The average Bonchev–Trinajstić information content (AvgIpc) is 2.80. The second kappa shape index (κ2) is 10.5. The summed E-state index contributed by atoms with van der Waals surface area (Å²) in [5.41, 5.74) is 2.89. The Morgan fingerprint density at radius 3 is 2.33 bits per heavy atom. The van der Waals surface area contributed by atoms with Crippen LogP contribution in [0.3, 0.4) is 0 Å². The number of nitrogens with zero attached hydrogens (tertiary/aromatic N) is 2. The Morgan fingerprint density at radius 2 is 1.70 bits per heavy atom. The van der Waals surface area contributed by atoms with E-state index in [4.69, 9.17) is 11.6 Å². The molecule has 2 amide bonds. The molecule has 1 aliphatic heterocycles. The van der Waals surface area contributed by atoms with Crippen LogP contribution in [0.2, 0.25) is 0 Å². The van der Waals surface area contributed by atoms with Crippen LogP contribution in [0.25, 0.3) is 0 Å². The molecule has 6 heteroatoms. The van der Waals surface area contributed by atoms with Gasteiger partial charge < -0.3 is 15.1 Å². The molecule has 0 spiro atoms. The van der Waals surface area contributed by atoms with Gasteiger partial charge in [0.1, 0.15) is 5.38 Å². The molecule has 0 saturated carbocycles. The van der Waals surface area contributed by atoms with E-state index in [2.05, 4.69) is 10.2 Å². The van der Waals surface area contributed by atoms with E-state index in [0.717, 1.165) is 37.2 Å². The predicted octanol–water partition coefficient (Wildman–Crippen LogP) is 5.08. The molecule has 0 aromatic heterocycles. The summed E-state index contributed by atoms with van der Waals surface area (Å²) in [5, 5.41) is 2.08. The molecule has 0 radical (unpaired) electrons. The van der Waals surface area contributed by atoms with Crippen LogP contribution in [-0.2, 0) is 4.79 Å². The monoisotopic (exact) mass is 427 g/mol.